The van der Waals surface area contributed by atoms with Crippen LogP contribution in [-0.4, -0.2) is 78.6 Å². The summed E-state index contributed by atoms with van der Waals surface area (Å²) < 4.78 is 23.4. The minimum atomic E-state index is -3.31. The van der Waals surface area contributed by atoms with E-state index in [0.29, 0.717) is 43.3 Å². The number of nitrogens with zero attached hydrogens (tertiary/aromatic N) is 5. The van der Waals surface area contributed by atoms with Crippen LogP contribution in [0, 0.1) is 0 Å². The Morgan fingerprint density at radius 3 is 2.41 bits per heavy atom. The number of pyridine rings is 1. The fourth-order valence-electron chi connectivity index (χ4n) is 3.76. The van der Waals surface area contributed by atoms with E-state index in [0.717, 1.165) is 11.9 Å². The molecule has 2 N–H and O–H groups in total. The normalized spacial score (nSPS) is 14.6. The maximum absolute atomic E-state index is 13.0. The first-order valence-corrected chi connectivity index (χ1v) is 12.7. The summed E-state index contributed by atoms with van der Waals surface area (Å²) in [4.78, 5) is 30.0. The third kappa shape index (κ3) is 5.41. The van der Waals surface area contributed by atoms with Crippen LogP contribution < -0.4 is 10.2 Å². The van der Waals surface area contributed by atoms with Crippen LogP contribution in [0.1, 0.15) is 10.5 Å². The number of sulfone groups is 1. The summed E-state index contributed by atoms with van der Waals surface area (Å²) in [6.45, 7) is 4.59. The number of anilines is 2. The van der Waals surface area contributed by atoms with Gasteiger partial charge in [-0.2, -0.15) is 0 Å². The fourth-order valence-corrected chi connectivity index (χ4v) is 4.39. The Morgan fingerprint density at radius 1 is 1.06 bits per heavy atom. The highest BCUT2D eigenvalue weighted by Crippen LogP contribution is 2.26. The maximum atomic E-state index is 13.0. The van der Waals surface area contributed by atoms with Gasteiger partial charge < -0.3 is 20.1 Å². The lowest BCUT2D eigenvalue weighted by molar-refractivity contribution is 0.102. The summed E-state index contributed by atoms with van der Waals surface area (Å²) in [6, 6.07) is 9.56. The van der Waals surface area contributed by atoms with E-state index < -0.39 is 22.8 Å². The van der Waals surface area contributed by atoms with E-state index in [1.807, 2.05) is 10.9 Å². The molecule has 34 heavy (non-hydrogen) atoms. The number of piperazine rings is 1. The second-order valence-electron chi connectivity index (χ2n) is 8.06. The molecule has 4 rings (SSSR count). The summed E-state index contributed by atoms with van der Waals surface area (Å²) in [5.74, 6) is -0.0957. The molecule has 0 spiro atoms. The van der Waals surface area contributed by atoms with Crippen molar-refractivity contribution in [2.24, 2.45) is 0 Å². The number of carbonyl (C=O) groups excluding carboxylic acids is 1. The zero-order valence-corrected chi connectivity index (χ0v) is 19.7. The van der Waals surface area contributed by atoms with Crippen LogP contribution in [0.25, 0.3) is 11.4 Å². The van der Waals surface area contributed by atoms with Gasteiger partial charge in [-0.05, 0) is 43.2 Å². The van der Waals surface area contributed by atoms with E-state index in [9.17, 15) is 18.2 Å². The number of aromatic nitrogens is 3. The molecular formula is C22H25BN6O4S. The van der Waals surface area contributed by atoms with Gasteiger partial charge in [0.2, 0.25) is 0 Å². The first-order valence-electron chi connectivity index (χ1n) is 10.8. The zero-order valence-electron chi connectivity index (χ0n) is 18.9. The summed E-state index contributed by atoms with van der Waals surface area (Å²) >= 11 is 0. The Kier molecular flexibility index (Phi) is 6.91. The van der Waals surface area contributed by atoms with E-state index >= 15 is 0 Å². The van der Waals surface area contributed by atoms with Gasteiger partial charge in [0.25, 0.3) is 5.91 Å². The molecule has 2 aromatic heterocycles. The molecule has 0 saturated carbocycles. The van der Waals surface area contributed by atoms with Crippen LogP contribution in [0.5, 0.6) is 0 Å². The molecule has 3 heterocycles. The summed E-state index contributed by atoms with van der Waals surface area (Å²) in [6.07, 6.45) is 5.90. The highest BCUT2D eigenvalue weighted by atomic mass is 32.2. The largest absolute Gasteiger partial charge is 0.437 e. The van der Waals surface area contributed by atoms with E-state index in [4.69, 9.17) is 0 Å². The molecule has 1 aliphatic rings. The SMILES string of the molecule is CB(O)N1CCN(c2ccncc2NC(=O)c2ccnc(-c3ccc(S(C)(=O)=O)cc3)n2)CC1. The van der Waals surface area contributed by atoms with Crippen LogP contribution in [0.3, 0.4) is 0 Å². The first kappa shape index (κ1) is 23.8. The van der Waals surface area contributed by atoms with E-state index in [1.165, 1.54) is 24.4 Å². The number of nitrogens with one attached hydrogen (secondary N) is 1. The van der Waals surface area contributed by atoms with Crippen LogP contribution in [0.15, 0.2) is 59.9 Å². The van der Waals surface area contributed by atoms with Gasteiger partial charge in [-0.15, -0.1) is 0 Å². The van der Waals surface area contributed by atoms with Gasteiger partial charge in [0.15, 0.2) is 15.7 Å². The zero-order chi connectivity index (χ0) is 24.3. The molecule has 3 aromatic rings. The topological polar surface area (TPSA) is 129 Å². The second kappa shape index (κ2) is 9.88. The van der Waals surface area contributed by atoms with Crippen molar-refractivity contribution in [2.75, 3.05) is 42.7 Å². The number of carbonyl (C=O) groups is 1. The van der Waals surface area contributed by atoms with Gasteiger partial charge >= 0.3 is 7.05 Å². The molecule has 1 fully saturated rings. The molecule has 1 amide bonds. The molecule has 0 bridgehead atoms. The van der Waals surface area contributed by atoms with Gasteiger partial charge in [0, 0.05) is 50.4 Å². The van der Waals surface area contributed by atoms with Crippen molar-refractivity contribution < 1.29 is 18.2 Å². The van der Waals surface area contributed by atoms with Gasteiger partial charge in [0.1, 0.15) is 5.69 Å². The standard InChI is InChI=1S/C22H25BN6O4S/c1-23(31)29-13-11-28(12-14-29)20-8-9-24-15-19(20)27-22(30)18-7-10-25-21(26-18)16-3-5-17(6-4-16)34(2,32)33/h3-10,15,31H,11-14H2,1-2H3,(H,27,30). The van der Waals surface area contributed by atoms with E-state index in [1.54, 1.807) is 31.3 Å². The number of hydrogen-bond acceptors (Lipinski definition) is 9. The monoisotopic (exact) mass is 480 g/mol. The van der Waals surface area contributed by atoms with Crippen molar-refractivity contribution in [3.8, 4) is 11.4 Å². The van der Waals surface area contributed by atoms with E-state index in [2.05, 4.69) is 25.2 Å². The first-order chi connectivity index (χ1) is 16.2. The number of hydrogen-bond donors (Lipinski definition) is 2. The lowest BCUT2D eigenvalue weighted by Gasteiger charge is -2.37. The minimum Gasteiger partial charge on any atom is -0.437 e. The van der Waals surface area contributed by atoms with Crippen LogP contribution >= 0.6 is 0 Å². The molecule has 1 aromatic carbocycles. The van der Waals surface area contributed by atoms with Crippen LogP contribution in [0.2, 0.25) is 6.82 Å². The number of rotatable bonds is 6. The van der Waals surface area contributed by atoms with Crippen molar-refractivity contribution in [3.63, 3.8) is 0 Å². The van der Waals surface area contributed by atoms with Gasteiger partial charge in [-0.25, -0.2) is 18.4 Å². The Morgan fingerprint density at radius 2 is 1.76 bits per heavy atom. The molecule has 176 valence electrons. The van der Waals surface area contributed by atoms with Crippen molar-refractivity contribution in [3.05, 3.63) is 60.7 Å². The van der Waals surface area contributed by atoms with Gasteiger partial charge in [-0.1, -0.05) is 0 Å². The highest BCUT2D eigenvalue weighted by molar-refractivity contribution is 7.90. The van der Waals surface area contributed by atoms with Crippen molar-refractivity contribution in [2.45, 2.75) is 11.7 Å². The Hall–Kier alpha value is -3.35. The number of amides is 1. The number of benzene rings is 1. The van der Waals surface area contributed by atoms with Crippen LogP contribution in [0.4, 0.5) is 11.4 Å². The molecule has 0 radical (unpaired) electrons. The lowest BCUT2D eigenvalue weighted by Crippen LogP contribution is -2.51. The summed E-state index contributed by atoms with van der Waals surface area (Å²) in [7, 11) is -3.80. The lowest BCUT2D eigenvalue weighted by atomic mass is 9.84. The third-order valence-corrected chi connectivity index (χ3v) is 6.79. The Balaban J connectivity index is 1.51. The summed E-state index contributed by atoms with van der Waals surface area (Å²) in [5.41, 5.74) is 2.18. The molecule has 12 heteroatoms. The van der Waals surface area contributed by atoms with Gasteiger partial charge in [0.05, 0.1) is 22.5 Å². The van der Waals surface area contributed by atoms with Crippen molar-refractivity contribution in [1.29, 1.82) is 0 Å². The smallest absolute Gasteiger partial charge is 0.376 e. The van der Waals surface area contributed by atoms with Gasteiger partial charge in [-0.3, -0.25) is 9.78 Å². The fraction of sp³-hybridized carbons (Fsp3) is 0.273. The molecule has 0 unspecified atom stereocenters. The second-order valence-corrected chi connectivity index (χ2v) is 10.1. The predicted octanol–water partition coefficient (Wildman–Crippen LogP) is 1.43. The van der Waals surface area contributed by atoms with Crippen molar-refractivity contribution in [1.82, 2.24) is 19.8 Å². The molecule has 0 aliphatic carbocycles. The molecular weight excluding hydrogens is 455 g/mol. The van der Waals surface area contributed by atoms with E-state index in [-0.39, 0.29) is 10.6 Å². The molecule has 1 saturated heterocycles. The average molecular weight is 480 g/mol. The molecule has 1 aliphatic heterocycles. The van der Waals surface area contributed by atoms with Crippen LogP contribution in [-0.2, 0) is 9.84 Å². The quantitative estimate of drug-likeness (QED) is 0.504. The van der Waals surface area contributed by atoms with Crippen molar-refractivity contribution >= 4 is 34.2 Å². The molecule has 0 atom stereocenters. The summed E-state index contributed by atoms with van der Waals surface area (Å²) in [5, 5.41) is 12.7. The third-order valence-electron chi connectivity index (χ3n) is 5.66. The predicted molar refractivity (Wildman–Crippen MR) is 130 cm³/mol. The Labute approximate surface area is 198 Å². The maximum Gasteiger partial charge on any atom is 0.376 e. The minimum absolute atomic E-state index is 0.172. The Bertz CT molecular complexity index is 1280. The highest BCUT2D eigenvalue weighted by Gasteiger charge is 2.24. The average Bonchev–Trinajstić information content (AvgIpc) is 2.84. The molecule has 10 nitrogen and oxygen atoms in total.